The number of sulfonamides is 1. The van der Waals surface area contributed by atoms with Crippen molar-refractivity contribution in [3.63, 3.8) is 0 Å². The van der Waals surface area contributed by atoms with Gasteiger partial charge in [-0.15, -0.1) is 0 Å². The van der Waals surface area contributed by atoms with E-state index >= 15 is 0 Å². The van der Waals surface area contributed by atoms with E-state index in [4.69, 9.17) is 0 Å². The molecule has 2 aromatic rings. The monoisotopic (exact) mass is 265 g/mol. The summed E-state index contributed by atoms with van der Waals surface area (Å²) in [6, 6.07) is 5.57. The second kappa shape index (κ2) is 4.61. The van der Waals surface area contributed by atoms with Crippen LogP contribution in [0.4, 0.5) is 5.69 Å². The molecule has 94 valence electrons. The third-order valence-electron chi connectivity index (χ3n) is 2.21. The largest absolute Gasteiger partial charge is 0.328 e. The van der Waals surface area contributed by atoms with E-state index in [0.29, 0.717) is 11.4 Å². The summed E-state index contributed by atoms with van der Waals surface area (Å²) >= 11 is 0. The zero-order chi connectivity index (χ0) is 13.2. The van der Waals surface area contributed by atoms with Crippen LogP contribution in [0.25, 0.3) is 0 Å². The van der Waals surface area contributed by atoms with Crippen LogP contribution in [0.3, 0.4) is 0 Å². The number of rotatable bonds is 3. The van der Waals surface area contributed by atoms with Crippen LogP contribution >= 0.6 is 0 Å². The molecule has 18 heavy (non-hydrogen) atoms. The van der Waals surface area contributed by atoms with E-state index < -0.39 is 10.0 Å². The van der Waals surface area contributed by atoms with Gasteiger partial charge in [0, 0.05) is 24.2 Å². The normalized spacial score (nSPS) is 11.2. The highest BCUT2D eigenvalue weighted by Gasteiger charge is 2.14. The molecule has 2 aromatic heterocycles. The van der Waals surface area contributed by atoms with Gasteiger partial charge in [0.2, 0.25) is 5.56 Å². The van der Waals surface area contributed by atoms with Gasteiger partial charge in [-0.05, 0) is 25.1 Å². The van der Waals surface area contributed by atoms with E-state index in [9.17, 15) is 13.2 Å². The van der Waals surface area contributed by atoms with Crippen molar-refractivity contribution < 1.29 is 8.42 Å². The summed E-state index contributed by atoms with van der Waals surface area (Å²) in [6.45, 7) is 1.76. The standard InChI is InChI=1S/C11H11N3O3S/c1-8-6-9(4-5-12-8)14-18(16,17)10-2-3-11(15)13-7-10/h2-7H,1H3,(H,12,14)(H,13,15). The fraction of sp³-hybridized carbons (Fsp3) is 0.0909. The minimum absolute atomic E-state index is 0.00318. The number of hydrogen-bond donors (Lipinski definition) is 2. The SMILES string of the molecule is Cc1cc(NS(=O)(=O)c2ccc(=O)[nH]c2)ccn1. The first-order valence-corrected chi connectivity index (χ1v) is 6.60. The van der Waals surface area contributed by atoms with Gasteiger partial charge in [-0.2, -0.15) is 0 Å². The molecule has 0 amide bonds. The minimum Gasteiger partial charge on any atom is -0.328 e. The Labute approximate surface area is 104 Å². The summed E-state index contributed by atoms with van der Waals surface area (Å²) in [6.07, 6.45) is 2.67. The lowest BCUT2D eigenvalue weighted by Gasteiger charge is -2.07. The van der Waals surface area contributed by atoms with E-state index in [1.165, 1.54) is 12.3 Å². The Hall–Kier alpha value is -2.15. The van der Waals surface area contributed by atoms with Crippen LogP contribution in [-0.4, -0.2) is 18.4 Å². The number of aromatic nitrogens is 2. The van der Waals surface area contributed by atoms with Crippen molar-refractivity contribution in [2.75, 3.05) is 4.72 Å². The Morgan fingerprint density at radius 3 is 2.67 bits per heavy atom. The van der Waals surface area contributed by atoms with Crippen molar-refractivity contribution in [3.8, 4) is 0 Å². The molecule has 0 saturated carbocycles. The molecule has 7 heteroatoms. The predicted molar refractivity (Wildman–Crippen MR) is 66.8 cm³/mol. The summed E-state index contributed by atoms with van der Waals surface area (Å²) in [5.74, 6) is 0. The molecule has 2 N–H and O–H groups in total. The van der Waals surface area contributed by atoms with E-state index in [1.807, 2.05) is 0 Å². The number of nitrogens with one attached hydrogen (secondary N) is 2. The van der Waals surface area contributed by atoms with Gasteiger partial charge in [0.25, 0.3) is 10.0 Å². The van der Waals surface area contributed by atoms with Gasteiger partial charge >= 0.3 is 0 Å². The molecule has 0 spiro atoms. The van der Waals surface area contributed by atoms with E-state index in [-0.39, 0.29) is 10.5 Å². The van der Waals surface area contributed by atoms with Crippen LogP contribution in [0.5, 0.6) is 0 Å². The quantitative estimate of drug-likeness (QED) is 0.861. The Morgan fingerprint density at radius 1 is 1.28 bits per heavy atom. The molecule has 0 bridgehead atoms. The molecule has 0 fully saturated rings. The molecule has 0 unspecified atom stereocenters. The topological polar surface area (TPSA) is 91.9 Å². The van der Waals surface area contributed by atoms with E-state index in [2.05, 4.69) is 14.7 Å². The molecule has 0 saturated heterocycles. The average Bonchev–Trinajstić information content (AvgIpc) is 2.29. The molecule has 0 atom stereocenters. The van der Waals surface area contributed by atoms with E-state index in [1.54, 1.807) is 19.1 Å². The predicted octanol–water partition coefficient (Wildman–Crippen LogP) is 0.879. The highest BCUT2D eigenvalue weighted by atomic mass is 32.2. The third-order valence-corrected chi connectivity index (χ3v) is 3.59. The van der Waals surface area contributed by atoms with Gasteiger partial charge in [0.05, 0.1) is 5.69 Å². The first kappa shape index (κ1) is 12.3. The van der Waals surface area contributed by atoms with Gasteiger partial charge in [0.1, 0.15) is 4.90 Å². The molecule has 0 aromatic carbocycles. The number of H-pyrrole nitrogens is 1. The van der Waals surface area contributed by atoms with Gasteiger partial charge in [-0.3, -0.25) is 14.5 Å². The van der Waals surface area contributed by atoms with Crippen LogP contribution in [0.2, 0.25) is 0 Å². The van der Waals surface area contributed by atoms with Crippen LogP contribution in [-0.2, 0) is 10.0 Å². The molecular weight excluding hydrogens is 254 g/mol. The maximum absolute atomic E-state index is 12.0. The molecular formula is C11H11N3O3S. The van der Waals surface area contributed by atoms with Crippen molar-refractivity contribution in [2.24, 2.45) is 0 Å². The first-order chi connectivity index (χ1) is 8.47. The Kier molecular flexibility index (Phi) is 3.15. The summed E-state index contributed by atoms with van der Waals surface area (Å²) in [4.78, 5) is 17.2. The van der Waals surface area contributed by atoms with Gasteiger partial charge in [-0.1, -0.05) is 0 Å². The van der Waals surface area contributed by atoms with Gasteiger partial charge in [-0.25, -0.2) is 8.42 Å². The van der Waals surface area contributed by atoms with Crippen LogP contribution in [0.1, 0.15) is 5.69 Å². The summed E-state index contributed by atoms with van der Waals surface area (Å²) in [7, 11) is -3.69. The fourth-order valence-corrected chi connectivity index (χ4v) is 2.40. The maximum Gasteiger partial charge on any atom is 0.263 e. The number of hydrogen-bond acceptors (Lipinski definition) is 4. The number of pyridine rings is 2. The molecule has 2 rings (SSSR count). The van der Waals surface area contributed by atoms with E-state index in [0.717, 1.165) is 12.3 Å². The van der Waals surface area contributed by atoms with Crippen LogP contribution < -0.4 is 10.3 Å². The number of aryl methyl sites for hydroxylation is 1. The summed E-state index contributed by atoms with van der Waals surface area (Å²) < 4.78 is 26.3. The van der Waals surface area contributed by atoms with Crippen LogP contribution in [0.15, 0.2) is 46.3 Å². The van der Waals surface area contributed by atoms with Crippen molar-refractivity contribution in [3.05, 3.63) is 52.7 Å². The molecule has 0 radical (unpaired) electrons. The highest BCUT2D eigenvalue weighted by molar-refractivity contribution is 7.92. The number of nitrogens with zero attached hydrogens (tertiary/aromatic N) is 1. The second-order valence-corrected chi connectivity index (χ2v) is 5.36. The summed E-state index contributed by atoms with van der Waals surface area (Å²) in [5.41, 5.74) is 0.777. The average molecular weight is 265 g/mol. The fourth-order valence-electron chi connectivity index (χ4n) is 1.39. The molecule has 0 aliphatic carbocycles. The lowest BCUT2D eigenvalue weighted by molar-refractivity contribution is 0.600. The van der Waals surface area contributed by atoms with Crippen molar-refractivity contribution in [2.45, 2.75) is 11.8 Å². The minimum atomic E-state index is -3.69. The Bertz CT molecular complexity index is 702. The lowest BCUT2D eigenvalue weighted by Crippen LogP contribution is -2.15. The molecule has 6 nitrogen and oxygen atoms in total. The second-order valence-electron chi connectivity index (χ2n) is 3.68. The number of anilines is 1. The summed E-state index contributed by atoms with van der Waals surface area (Å²) in [5, 5.41) is 0. The van der Waals surface area contributed by atoms with Crippen molar-refractivity contribution >= 4 is 15.7 Å². The Morgan fingerprint density at radius 2 is 2.06 bits per heavy atom. The first-order valence-electron chi connectivity index (χ1n) is 5.11. The number of aromatic amines is 1. The lowest BCUT2D eigenvalue weighted by atomic mass is 10.3. The zero-order valence-electron chi connectivity index (χ0n) is 9.54. The smallest absolute Gasteiger partial charge is 0.263 e. The third kappa shape index (κ3) is 2.75. The molecule has 0 aliphatic rings. The molecule has 0 aliphatic heterocycles. The maximum atomic E-state index is 12.0. The Balaban J connectivity index is 2.33. The van der Waals surface area contributed by atoms with Crippen molar-refractivity contribution in [1.82, 2.24) is 9.97 Å². The molecule has 2 heterocycles. The van der Waals surface area contributed by atoms with Gasteiger partial charge < -0.3 is 4.98 Å². The van der Waals surface area contributed by atoms with Crippen molar-refractivity contribution in [1.29, 1.82) is 0 Å². The van der Waals surface area contributed by atoms with Crippen LogP contribution in [0, 0.1) is 6.92 Å². The highest BCUT2D eigenvalue weighted by Crippen LogP contribution is 2.14. The van der Waals surface area contributed by atoms with Gasteiger partial charge in [0.15, 0.2) is 0 Å². The zero-order valence-corrected chi connectivity index (χ0v) is 10.4.